The van der Waals surface area contributed by atoms with Crippen LogP contribution in [0.3, 0.4) is 0 Å². The number of hydrogen-bond acceptors (Lipinski definition) is 9. The van der Waals surface area contributed by atoms with Gasteiger partial charge in [0.15, 0.2) is 23.0 Å². The van der Waals surface area contributed by atoms with Crippen molar-refractivity contribution in [3.05, 3.63) is 44.5 Å². The lowest BCUT2D eigenvalue weighted by molar-refractivity contribution is -0.158. The number of aliphatic hydroxyl groups is 2. The molecule has 11 heteroatoms. The van der Waals surface area contributed by atoms with Gasteiger partial charge in [0.25, 0.3) is 0 Å². The fourth-order valence-electron chi connectivity index (χ4n) is 3.22. The number of para-hydroxylation sites is 1. The monoisotopic (exact) mass is 545 g/mol. The molecule has 160 valence electrons. The van der Waals surface area contributed by atoms with E-state index in [9.17, 15) is 24.6 Å². The Labute approximate surface area is 191 Å². The minimum atomic E-state index is -2.11. The summed E-state index contributed by atoms with van der Waals surface area (Å²) in [7, 11) is 0. The third-order valence-electron chi connectivity index (χ3n) is 4.95. The van der Waals surface area contributed by atoms with E-state index in [1.807, 2.05) is 34.7 Å². The molecule has 1 aromatic carbocycles. The van der Waals surface area contributed by atoms with Crippen LogP contribution in [0.5, 0.6) is 0 Å². The summed E-state index contributed by atoms with van der Waals surface area (Å²) in [6.45, 7) is 2.26. The number of aliphatic hydroxyl groups excluding tert-OH is 1. The normalized spacial score (nSPS) is 24.5. The second-order valence-electron chi connectivity index (χ2n) is 7.02. The number of Topliss-reactive ketones (excluding diaryl/α,β-unsaturated/α-hetero) is 2. The van der Waals surface area contributed by atoms with Crippen LogP contribution < -0.4 is 11.0 Å². The van der Waals surface area contributed by atoms with Crippen molar-refractivity contribution in [1.29, 1.82) is 0 Å². The summed E-state index contributed by atoms with van der Waals surface area (Å²) in [5.41, 5.74) is -2.14. The molecule has 0 amide bonds. The Kier molecular flexibility index (Phi) is 6.67. The van der Waals surface area contributed by atoms with Crippen LogP contribution in [0.1, 0.15) is 26.5 Å². The molecule has 0 radical (unpaired) electrons. The lowest BCUT2D eigenvalue weighted by Gasteiger charge is -2.27. The van der Waals surface area contributed by atoms with Gasteiger partial charge in [-0.1, -0.05) is 12.1 Å². The molecule has 1 aliphatic rings. The Hall–Kier alpha value is -1.80. The van der Waals surface area contributed by atoms with E-state index in [1.54, 1.807) is 12.1 Å². The molecule has 3 rings (SSSR count). The molecule has 1 fully saturated rings. The molecule has 1 saturated heterocycles. The van der Waals surface area contributed by atoms with Crippen molar-refractivity contribution < 1.29 is 24.5 Å². The first-order chi connectivity index (χ1) is 14.0. The van der Waals surface area contributed by atoms with E-state index in [1.165, 1.54) is 6.20 Å². The molecule has 1 aliphatic heterocycles. The van der Waals surface area contributed by atoms with Gasteiger partial charge < -0.3 is 20.3 Å². The molecule has 1 unspecified atom stereocenters. The maximum absolute atomic E-state index is 12.7. The van der Waals surface area contributed by atoms with Gasteiger partial charge in [0, 0.05) is 17.5 Å². The Morgan fingerprint density at radius 2 is 2.07 bits per heavy atom. The van der Waals surface area contributed by atoms with Crippen molar-refractivity contribution in [2.45, 2.75) is 49.2 Å². The summed E-state index contributed by atoms with van der Waals surface area (Å²) in [5, 5.41) is 23.9. The summed E-state index contributed by atoms with van der Waals surface area (Å²) in [4.78, 5) is 41.0. The van der Waals surface area contributed by atoms with E-state index >= 15 is 0 Å². The van der Waals surface area contributed by atoms with Crippen molar-refractivity contribution in [2.24, 2.45) is 0 Å². The molecule has 9 nitrogen and oxygen atoms in total. The van der Waals surface area contributed by atoms with Crippen LogP contribution in [0.4, 0.5) is 11.5 Å². The molecule has 2 aromatic rings. The van der Waals surface area contributed by atoms with Crippen molar-refractivity contribution in [3.8, 4) is 0 Å². The van der Waals surface area contributed by atoms with E-state index in [-0.39, 0.29) is 6.42 Å². The highest BCUT2D eigenvalue weighted by Gasteiger charge is 2.55. The van der Waals surface area contributed by atoms with E-state index in [4.69, 9.17) is 4.74 Å². The second kappa shape index (κ2) is 8.75. The largest absolute Gasteiger partial charge is 0.382 e. The van der Waals surface area contributed by atoms with Crippen LogP contribution in [0.25, 0.3) is 0 Å². The average Bonchev–Trinajstić information content (AvgIpc) is 3.04. The smallest absolute Gasteiger partial charge is 0.351 e. The SMILES string of the molecule is CC(=O)C(O)[C@H]1O[C@@H](n2cc(I)c(Nc3ccccc3S)nc2=O)C[C@@]1(O)C(C)=O. The summed E-state index contributed by atoms with van der Waals surface area (Å²) in [6.07, 6.45) is -3.12. The van der Waals surface area contributed by atoms with E-state index < -0.39 is 41.3 Å². The fourth-order valence-corrected chi connectivity index (χ4v) is 3.99. The van der Waals surface area contributed by atoms with Gasteiger partial charge in [-0.2, -0.15) is 4.98 Å². The average molecular weight is 545 g/mol. The van der Waals surface area contributed by atoms with Gasteiger partial charge in [-0.05, 0) is 48.6 Å². The Morgan fingerprint density at radius 3 is 2.67 bits per heavy atom. The number of carbonyl (C=O) groups is 2. The van der Waals surface area contributed by atoms with Gasteiger partial charge in [-0.15, -0.1) is 12.6 Å². The molecule has 2 heterocycles. The molecule has 0 aliphatic carbocycles. The summed E-state index contributed by atoms with van der Waals surface area (Å²) >= 11 is 6.34. The second-order valence-corrected chi connectivity index (χ2v) is 8.66. The predicted octanol–water partition coefficient (Wildman–Crippen LogP) is 1.44. The molecule has 4 atom stereocenters. The molecular weight excluding hydrogens is 525 g/mol. The molecule has 0 bridgehead atoms. The van der Waals surface area contributed by atoms with E-state index in [0.717, 1.165) is 18.4 Å². The molecule has 3 N–H and O–H groups in total. The number of nitrogens with zero attached hydrogens (tertiary/aromatic N) is 2. The number of ketones is 2. The van der Waals surface area contributed by atoms with Crippen molar-refractivity contribution in [2.75, 3.05) is 5.32 Å². The maximum Gasteiger partial charge on any atom is 0.351 e. The summed E-state index contributed by atoms with van der Waals surface area (Å²) in [6, 6.07) is 7.20. The first-order valence-electron chi connectivity index (χ1n) is 8.95. The van der Waals surface area contributed by atoms with Crippen molar-refractivity contribution in [3.63, 3.8) is 0 Å². The molecule has 1 aromatic heterocycles. The van der Waals surface area contributed by atoms with Crippen LogP contribution in [0.15, 0.2) is 40.2 Å². The fraction of sp³-hybridized carbons (Fsp3) is 0.368. The third-order valence-corrected chi connectivity index (χ3v) is 6.13. The zero-order chi connectivity index (χ0) is 22.2. The minimum absolute atomic E-state index is 0.304. The zero-order valence-corrected chi connectivity index (χ0v) is 19.1. The van der Waals surface area contributed by atoms with Gasteiger partial charge in [0.1, 0.15) is 18.4 Å². The van der Waals surface area contributed by atoms with Crippen LogP contribution in [-0.4, -0.2) is 49.1 Å². The number of hydrogen-bond donors (Lipinski definition) is 4. The number of ether oxygens (including phenoxy) is 1. The van der Waals surface area contributed by atoms with E-state index in [2.05, 4.69) is 22.9 Å². The Balaban J connectivity index is 1.94. The first-order valence-corrected chi connectivity index (χ1v) is 10.5. The summed E-state index contributed by atoms with van der Waals surface area (Å²) in [5.74, 6) is -1.03. The number of thiol groups is 1. The number of rotatable bonds is 6. The molecule has 0 spiro atoms. The van der Waals surface area contributed by atoms with Gasteiger partial charge in [-0.25, -0.2) is 4.79 Å². The lowest BCUT2D eigenvalue weighted by atomic mass is 9.86. The third kappa shape index (κ3) is 4.30. The number of benzene rings is 1. The molecule has 0 saturated carbocycles. The Bertz CT molecular complexity index is 1060. The quantitative estimate of drug-likeness (QED) is 0.317. The molecular formula is C19H20IN3O6S. The number of anilines is 2. The van der Waals surface area contributed by atoms with Crippen LogP contribution in [0.2, 0.25) is 0 Å². The number of halogens is 1. The van der Waals surface area contributed by atoms with Gasteiger partial charge in [-0.3, -0.25) is 14.2 Å². The highest BCUT2D eigenvalue weighted by molar-refractivity contribution is 14.1. The first kappa shape index (κ1) is 22.9. The maximum atomic E-state index is 12.7. The standard InChI is InChI=1S/C19H20IN3O6S/c1-9(24)15(26)16-19(28,10(2)25)7-14(29-16)23-8-11(20)17(22-18(23)27)21-12-5-3-4-6-13(12)30/h3-6,8,14-16,26,28,30H,7H2,1-2H3,(H,21,22,27)/t14-,15?,16-,19-/m1/s1. The minimum Gasteiger partial charge on any atom is -0.382 e. The lowest BCUT2D eigenvalue weighted by Crippen LogP contribution is -2.52. The van der Waals surface area contributed by atoms with E-state index in [0.29, 0.717) is 20.0 Å². The highest BCUT2D eigenvalue weighted by Crippen LogP contribution is 2.39. The molecule has 30 heavy (non-hydrogen) atoms. The van der Waals surface area contributed by atoms with Crippen LogP contribution in [0, 0.1) is 3.57 Å². The summed E-state index contributed by atoms with van der Waals surface area (Å²) < 4.78 is 7.30. The Morgan fingerprint density at radius 1 is 1.40 bits per heavy atom. The predicted molar refractivity (Wildman–Crippen MR) is 119 cm³/mol. The zero-order valence-electron chi connectivity index (χ0n) is 16.1. The van der Waals surface area contributed by atoms with Gasteiger partial charge in [0.05, 0.1) is 9.26 Å². The highest BCUT2D eigenvalue weighted by atomic mass is 127. The topological polar surface area (TPSA) is 131 Å². The van der Waals surface area contributed by atoms with Crippen molar-refractivity contribution in [1.82, 2.24) is 9.55 Å². The number of carbonyl (C=O) groups excluding carboxylic acids is 2. The van der Waals surface area contributed by atoms with Crippen LogP contribution in [-0.2, 0) is 14.3 Å². The van der Waals surface area contributed by atoms with Gasteiger partial charge in [0.2, 0.25) is 0 Å². The number of nitrogens with one attached hydrogen (secondary N) is 1. The number of aromatic nitrogens is 2. The van der Waals surface area contributed by atoms with Gasteiger partial charge >= 0.3 is 5.69 Å². The van der Waals surface area contributed by atoms with Crippen LogP contribution >= 0.6 is 35.2 Å². The van der Waals surface area contributed by atoms with Crippen molar-refractivity contribution >= 4 is 58.3 Å².